The topological polar surface area (TPSA) is 68.2 Å². The van der Waals surface area contributed by atoms with Crippen molar-refractivity contribution >= 4 is 5.91 Å². The molecule has 2 unspecified atom stereocenters. The van der Waals surface area contributed by atoms with Crippen LogP contribution in [0.2, 0.25) is 0 Å². The fourth-order valence-electron chi connectivity index (χ4n) is 5.71. The van der Waals surface area contributed by atoms with Gasteiger partial charge in [0.15, 0.2) is 0 Å². The summed E-state index contributed by atoms with van der Waals surface area (Å²) >= 11 is 0. The van der Waals surface area contributed by atoms with Crippen LogP contribution in [-0.2, 0) is 11.3 Å². The molecule has 34 heavy (non-hydrogen) atoms. The quantitative estimate of drug-likeness (QED) is 0.528. The van der Waals surface area contributed by atoms with Crippen LogP contribution in [0, 0.1) is 17.2 Å². The summed E-state index contributed by atoms with van der Waals surface area (Å²) in [7, 11) is 2.29. The Morgan fingerprint density at radius 2 is 1.79 bits per heavy atom. The van der Waals surface area contributed by atoms with Crippen molar-refractivity contribution in [2.75, 3.05) is 13.6 Å². The lowest BCUT2D eigenvalue weighted by molar-refractivity contribution is -0.122. The van der Waals surface area contributed by atoms with Crippen molar-refractivity contribution in [3.05, 3.63) is 59.7 Å². The van der Waals surface area contributed by atoms with Gasteiger partial charge in [-0.2, -0.15) is 5.26 Å². The van der Waals surface area contributed by atoms with E-state index in [9.17, 15) is 4.79 Å². The summed E-state index contributed by atoms with van der Waals surface area (Å²) in [5.41, 5.74) is 4.58. The lowest BCUT2D eigenvalue weighted by Crippen LogP contribution is -2.46. The molecule has 1 amide bonds. The molecule has 5 nitrogen and oxygen atoms in total. The van der Waals surface area contributed by atoms with Crippen molar-refractivity contribution in [2.24, 2.45) is 5.92 Å². The highest BCUT2D eigenvalue weighted by Gasteiger charge is 2.38. The molecule has 0 saturated carbocycles. The second kappa shape index (κ2) is 11.2. The average Bonchev–Trinajstić information content (AvgIpc) is 3.05. The van der Waals surface area contributed by atoms with Gasteiger partial charge in [0, 0.05) is 24.7 Å². The van der Waals surface area contributed by atoms with Gasteiger partial charge in [-0.3, -0.25) is 4.79 Å². The molecule has 0 spiro atoms. The van der Waals surface area contributed by atoms with Gasteiger partial charge in [-0.25, -0.2) is 0 Å². The van der Waals surface area contributed by atoms with Gasteiger partial charge in [-0.05, 0) is 67.3 Å². The van der Waals surface area contributed by atoms with Gasteiger partial charge >= 0.3 is 0 Å². The highest BCUT2D eigenvalue weighted by Crippen LogP contribution is 2.34. The monoisotopic (exact) mass is 458 g/mol. The Kier molecular flexibility index (Phi) is 8.03. The number of benzene rings is 2. The Morgan fingerprint density at radius 1 is 1.09 bits per heavy atom. The lowest BCUT2D eigenvalue weighted by atomic mass is 9.88. The fraction of sp³-hybridized carbons (Fsp3) is 0.517. The summed E-state index contributed by atoms with van der Waals surface area (Å²) < 4.78 is 0. The lowest BCUT2D eigenvalue weighted by Gasteiger charge is -2.36. The van der Waals surface area contributed by atoms with Crippen LogP contribution < -0.4 is 10.6 Å². The third-order valence-corrected chi connectivity index (χ3v) is 7.63. The Balaban J connectivity index is 1.41. The first-order valence-corrected chi connectivity index (χ1v) is 12.7. The molecule has 180 valence electrons. The predicted molar refractivity (Wildman–Crippen MR) is 137 cm³/mol. The minimum Gasteiger partial charge on any atom is -0.342 e. The van der Waals surface area contributed by atoms with Crippen LogP contribution in [0.5, 0.6) is 0 Å². The zero-order valence-corrected chi connectivity index (χ0v) is 20.8. The molecule has 2 heterocycles. The molecular weight excluding hydrogens is 420 g/mol. The van der Waals surface area contributed by atoms with Crippen molar-refractivity contribution in [3.8, 4) is 17.2 Å². The number of piperidine rings is 1. The highest BCUT2D eigenvalue weighted by molar-refractivity contribution is 5.84. The molecule has 2 bridgehead atoms. The first-order chi connectivity index (χ1) is 16.4. The first kappa shape index (κ1) is 24.4. The van der Waals surface area contributed by atoms with Crippen molar-refractivity contribution in [1.82, 2.24) is 15.5 Å². The van der Waals surface area contributed by atoms with E-state index in [1.165, 1.54) is 31.2 Å². The number of nitrogens with one attached hydrogen (secondary N) is 2. The molecule has 2 fully saturated rings. The number of rotatable bonds is 9. The molecular formula is C29H38N4O. The predicted octanol–water partition coefficient (Wildman–Crippen LogP) is 4.84. The summed E-state index contributed by atoms with van der Waals surface area (Å²) in [4.78, 5) is 15.3. The molecule has 2 aromatic carbocycles. The summed E-state index contributed by atoms with van der Waals surface area (Å²) in [5, 5.41) is 15.4. The third kappa shape index (κ3) is 5.87. The highest BCUT2D eigenvalue weighted by atomic mass is 16.1. The maximum Gasteiger partial charge on any atom is 0.228 e. The van der Waals surface area contributed by atoms with Crippen LogP contribution >= 0.6 is 0 Å². The molecule has 2 aliphatic heterocycles. The standard InChI is InChI=1S/C29H38N4O/c1-20(2)15-28(29(34)31-14-13-30)24-6-4-5-23(16-24)22-9-7-21(8-10-22)19-32-25-17-26-11-12-27(18-25)33(26)3/h4-10,16,20,25-28,32H,11-12,14-15,17-19H2,1-3H3,(H,31,34)/t25?,26?,27?,28-/m1/s1. The van der Waals surface area contributed by atoms with Crippen molar-refractivity contribution < 1.29 is 4.79 Å². The van der Waals surface area contributed by atoms with E-state index in [0.29, 0.717) is 12.0 Å². The van der Waals surface area contributed by atoms with E-state index in [2.05, 4.69) is 72.8 Å². The summed E-state index contributed by atoms with van der Waals surface area (Å²) in [6.45, 7) is 5.19. The van der Waals surface area contributed by atoms with E-state index in [1.807, 2.05) is 18.2 Å². The van der Waals surface area contributed by atoms with E-state index in [0.717, 1.165) is 41.7 Å². The molecule has 2 N–H and O–H groups in total. The summed E-state index contributed by atoms with van der Waals surface area (Å²) in [6.07, 6.45) is 5.98. The SMILES string of the molecule is CC(C)C[C@@H](C(=O)NCC#N)c1cccc(-c2ccc(CNC3CC4CCC(C3)N4C)cc2)c1. The molecule has 5 heteroatoms. The smallest absolute Gasteiger partial charge is 0.228 e. The molecule has 0 radical (unpaired) electrons. The number of hydrogen-bond donors (Lipinski definition) is 2. The van der Waals surface area contributed by atoms with Crippen molar-refractivity contribution in [2.45, 2.75) is 76.5 Å². The molecule has 2 saturated heterocycles. The third-order valence-electron chi connectivity index (χ3n) is 7.63. The van der Waals surface area contributed by atoms with Gasteiger partial charge in [0.1, 0.15) is 6.54 Å². The fourth-order valence-corrected chi connectivity index (χ4v) is 5.71. The van der Waals surface area contributed by atoms with Crippen molar-refractivity contribution in [1.29, 1.82) is 5.26 Å². The summed E-state index contributed by atoms with van der Waals surface area (Å²) in [6, 6.07) is 21.2. The molecule has 2 aliphatic rings. The van der Waals surface area contributed by atoms with Crippen LogP contribution in [0.4, 0.5) is 0 Å². The van der Waals surface area contributed by atoms with E-state index in [1.54, 1.807) is 0 Å². The van der Waals surface area contributed by atoms with Gasteiger partial charge in [0.25, 0.3) is 0 Å². The number of carbonyl (C=O) groups excluding carboxylic acids is 1. The minimum atomic E-state index is -0.249. The number of hydrogen-bond acceptors (Lipinski definition) is 4. The van der Waals surface area contributed by atoms with Crippen LogP contribution in [0.1, 0.15) is 63.0 Å². The van der Waals surface area contributed by atoms with Crippen LogP contribution in [0.25, 0.3) is 11.1 Å². The van der Waals surface area contributed by atoms with Crippen LogP contribution in [-0.4, -0.2) is 42.5 Å². The largest absolute Gasteiger partial charge is 0.342 e. The maximum atomic E-state index is 12.7. The molecule has 4 rings (SSSR count). The van der Waals surface area contributed by atoms with Crippen molar-refractivity contribution in [3.63, 3.8) is 0 Å². The number of fused-ring (bicyclic) bond motifs is 2. The molecule has 0 aromatic heterocycles. The van der Waals surface area contributed by atoms with Crippen LogP contribution in [0.15, 0.2) is 48.5 Å². The van der Waals surface area contributed by atoms with E-state index in [4.69, 9.17) is 5.26 Å². The zero-order valence-electron chi connectivity index (χ0n) is 20.8. The van der Waals surface area contributed by atoms with E-state index < -0.39 is 0 Å². The Labute approximate surface area is 204 Å². The van der Waals surface area contributed by atoms with Gasteiger partial charge in [-0.1, -0.05) is 62.4 Å². The number of amides is 1. The zero-order chi connectivity index (χ0) is 24.1. The van der Waals surface area contributed by atoms with Gasteiger partial charge < -0.3 is 15.5 Å². The number of nitriles is 1. The number of nitrogens with zero attached hydrogens (tertiary/aromatic N) is 2. The van der Waals surface area contributed by atoms with Crippen LogP contribution in [0.3, 0.4) is 0 Å². The minimum absolute atomic E-state index is 0.0431. The molecule has 2 aromatic rings. The van der Waals surface area contributed by atoms with E-state index in [-0.39, 0.29) is 18.4 Å². The second-order valence-electron chi connectivity index (χ2n) is 10.5. The van der Waals surface area contributed by atoms with E-state index >= 15 is 0 Å². The maximum absolute atomic E-state index is 12.7. The summed E-state index contributed by atoms with van der Waals surface area (Å²) in [5.74, 6) is 0.0609. The van der Waals surface area contributed by atoms with Gasteiger partial charge in [0.2, 0.25) is 5.91 Å². The molecule has 0 aliphatic carbocycles. The second-order valence-corrected chi connectivity index (χ2v) is 10.5. The number of carbonyl (C=O) groups is 1. The first-order valence-electron chi connectivity index (χ1n) is 12.7. The normalized spacial score (nSPS) is 23.0. The van der Waals surface area contributed by atoms with Gasteiger partial charge in [0.05, 0.1) is 12.0 Å². The average molecular weight is 459 g/mol. The molecule has 3 atom stereocenters. The Hall–Kier alpha value is -2.68. The Bertz CT molecular complexity index is 996. The Morgan fingerprint density at radius 3 is 2.44 bits per heavy atom. The van der Waals surface area contributed by atoms with Gasteiger partial charge in [-0.15, -0.1) is 0 Å².